The molecule has 25 heavy (non-hydrogen) atoms. The molecule has 2 fully saturated rings. The SMILES string of the molecule is O=C(Nc1ccc(N2CCN(c3ccccc3)CC2)cc1)NC1CC1. The minimum Gasteiger partial charge on any atom is -0.368 e. The molecule has 4 rings (SSSR count). The van der Waals surface area contributed by atoms with Crippen LogP contribution in [0.2, 0.25) is 0 Å². The monoisotopic (exact) mass is 336 g/mol. The van der Waals surface area contributed by atoms with Crippen molar-refractivity contribution in [2.45, 2.75) is 18.9 Å². The van der Waals surface area contributed by atoms with Gasteiger partial charge in [-0.1, -0.05) is 18.2 Å². The number of rotatable bonds is 4. The molecule has 0 bridgehead atoms. The number of amides is 2. The average molecular weight is 336 g/mol. The van der Waals surface area contributed by atoms with Gasteiger partial charge < -0.3 is 20.4 Å². The van der Waals surface area contributed by atoms with E-state index in [-0.39, 0.29) is 6.03 Å². The number of carbonyl (C=O) groups excluding carboxylic acids is 1. The molecule has 2 aliphatic rings. The van der Waals surface area contributed by atoms with Gasteiger partial charge in [-0.25, -0.2) is 4.79 Å². The Hall–Kier alpha value is -2.69. The number of carbonyl (C=O) groups is 1. The lowest BCUT2D eigenvalue weighted by atomic mass is 10.2. The van der Waals surface area contributed by atoms with E-state index in [2.05, 4.69) is 62.9 Å². The van der Waals surface area contributed by atoms with E-state index < -0.39 is 0 Å². The second kappa shape index (κ2) is 7.05. The van der Waals surface area contributed by atoms with Gasteiger partial charge in [0.05, 0.1) is 0 Å². The fourth-order valence-corrected chi connectivity index (χ4v) is 3.20. The highest BCUT2D eigenvalue weighted by molar-refractivity contribution is 5.89. The lowest BCUT2D eigenvalue weighted by Gasteiger charge is -2.37. The van der Waals surface area contributed by atoms with E-state index in [0.717, 1.165) is 44.7 Å². The fourth-order valence-electron chi connectivity index (χ4n) is 3.20. The molecule has 5 heteroatoms. The molecule has 1 aliphatic heterocycles. The number of hydrogen-bond donors (Lipinski definition) is 2. The second-order valence-electron chi connectivity index (χ2n) is 6.73. The van der Waals surface area contributed by atoms with Gasteiger partial charge in [0.1, 0.15) is 0 Å². The van der Waals surface area contributed by atoms with E-state index in [1.807, 2.05) is 12.1 Å². The minimum absolute atomic E-state index is 0.105. The van der Waals surface area contributed by atoms with Crippen molar-refractivity contribution in [3.63, 3.8) is 0 Å². The van der Waals surface area contributed by atoms with Crippen molar-refractivity contribution in [2.24, 2.45) is 0 Å². The number of para-hydroxylation sites is 1. The third kappa shape index (κ3) is 4.05. The van der Waals surface area contributed by atoms with Gasteiger partial charge in [-0.2, -0.15) is 0 Å². The summed E-state index contributed by atoms with van der Waals surface area (Å²) in [4.78, 5) is 16.6. The summed E-state index contributed by atoms with van der Waals surface area (Å²) in [5, 5.41) is 5.83. The van der Waals surface area contributed by atoms with Crippen LogP contribution in [-0.4, -0.2) is 38.3 Å². The van der Waals surface area contributed by atoms with Crippen molar-refractivity contribution in [1.29, 1.82) is 0 Å². The molecule has 0 spiro atoms. The molecule has 1 heterocycles. The van der Waals surface area contributed by atoms with Gasteiger partial charge in [-0.3, -0.25) is 0 Å². The third-order valence-electron chi connectivity index (χ3n) is 4.80. The molecule has 2 N–H and O–H groups in total. The van der Waals surface area contributed by atoms with Crippen LogP contribution in [0.25, 0.3) is 0 Å². The van der Waals surface area contributed by atoms with Crippen LogP contribution in [0.1, 0.15) is 12.8 Å². The number of piperazine rings is 1. The molecule has 5 nitrogen and oxygen atoms in total. The zero-order valence-electron chi connectivity index (χ0n) is 14.3. The minimum atomic E-state index is -0.105. The first kappa shape index (κ1) is 15.8. The number of nitrogens with zero attached hydrogens (tertiary/aromatic N) is 2. The summed E-state index contributed by atoms with van der Waals surface area (Å²) in [7, 11) is 0. The largest absolute Gasteiger partial charge is 0.368 e. The van der Waals surface area contributed by atoms with Crippen LogP contribution < -0.4 is 20.4 Å². The Morgan fingerprint density at radius 3 is 1.92 bits per heavy atom. The summed E-state index contributed by atoms with van der Waals surface area (Å²) in [6, 6.07) is 19.0. The van der Waals surface area contributed by atoms with Gasteiger partial charge in [-0.15, -0.1) is 0 Å². The van der Waals surface area contributed by atoms with Crippen molar-refractivity contribution in [3.05, 3.63) is 54.6 Å². The van der Waals surface area contributed by atoms with Crippen LogP contribution in [0, 0.1) is 0 Å². The Morgan fingerprint density at radius 1 is 0.800 bits per heavy atom. The first-order chi connectivity index (χ1) is 12.3. The zero-order chi connectivity index (χ0) is 17.1. The molecule has 0 aromatic heterocycles. The Morgan fingerprint density at radius 2 is 1.36 bits per heavy atom. The number of anilines is 3. The van der Waals surface area contributed by atoms with Crippen LogP contribution in [0.5, 0.6) is 0 Å². The predicted molar refractivity (Wildman–Crippen MR) is 102 cm³/mol. The summed E-state index contributed by atoms with van der Waals surface area (Å²) >= 11 is 0. The summed E-state index contributed by atoms with van der Waals surface area (Å²) in [6.45, 7) is 4.05. The quantitative estimate of drug-likeness (QED) is 0.901. The molecule has 1 aliphatic carbocycles. The molecule has 2 aromatic rings. The third-order valence-corrected chi connectivity index (χ3v) is 4.80. The topological polar surface area (TPSA) is 47.6 Å². The summed E-state index contributed by atoms with van der Waals surface area (Å²) in [5.74, 6) is 0. The maximum Gasteiger partial charge on any atom is 0.319 e. The first-order valence-electron chi connectivity index (χ1n) is 9.00. The van der Waals surface area contributed by atoms with E-state index in [1.54, 1.807) is 0 Å². The highest BCUT2D eigenvalue weighted by Crippen LogP contribution is 2.22. The van der Waals surface area contributed by atoms with Crippen LogP contribution in [0.4, 0.5) is 21.9 Å². The van der Waals surface area contributed by atoms with Gasteiger partial charge in [0.15, 0.2) is 0 Å². The zero-order valence-corrected chi connectivity index (χ0v) is 14.3. The molecule has 130 valence electrons. The fraction of sp³-hybridized carbons (Fsp3) is 0.350. The van der Waals surface area contributed by atoms with Crippen LogP contribution >= 0.6 is 0 Å². The Bertz CT molecular complexity index is 704. The van der Waals surface area contributed by atoms with Crippen LogP contribution in [-0.2, 0) is 0 Å². The summed E-state index contributed by atoms with van der Waals surface area (Å²) < 4.78 is 0. The molecule has 0 unspecified atom stereocenters. The van der Waals surface area contributed by atoms with E-state index in [0.29, 0.717) is 6.04 Å². The highest BCUT2D eigenvalue weighted by atomic mass is 16.2. The number of hydrogen-bond acceptors (Lipinski definition) is 3. The molecular formula is C20H24N4O. The number of benzene rings is 2. The van der Waals surface area contributed by atoms with Crippen molar-refractivity contribution in [2.75, 3.05) is 41.3 Å². The first-order valence-corrected chi connectivity index (χ1v) is 9.00. The molecular weight excluding hydrogens is 312 g/mol. The molecule has 0 radical (unpaired) electrons. The molecule has 0 atom stereocenters. The van der Waals surface area contributed by atoms with Gasteiger partial charge in [-0.05, 0) is 49.2 Å². The summed E-state index contributed by atoms with van der Waals surface area (Å²) in [6.07, 6.45) is 2.20. The molecule has 2 amide bonds. The maximum absolute atomic E-state index is 11.8. The van der Waals surface area contributed by atoms with E-state index in [9.17, 15) is 4.79 Å². The standard InChI is InChI=1S/C20H24N4O/c25-20(21-16-6-7-16)22-17-8-10-19(11-9-17)24-14-12-23(13-15-24)18-4-2-1-3-5-18/h1-5,8-11,16H,6-7,12-15H2,(H2,21,22,25). The van der Waals surface area contributed by atoms with Crippen LogP contribution in [0.15, 0.2) is 54.6 Å². The molecule has 1 saturated carbocycles. The normalized spacial score (nSPS) is 17.3. The van der Waals surface area contributed by atoms with Gasteiger partial charge in [0, 0.05) is 49.3 Å². The Balaban J connectivity index is 1.31. The maximum atomic E-state index is 11.8. The average Bonchev–Trinajstić information content (AvgIpc) is 3.47. The second-order valence-corrected chi connectivity index (χ2v) is 6.73. The number of urea groups is 1. The van der Waals surface area contributed by atoms with E-state index in [4.69, 9.17) is 0 Å². The highest BCUT2D eigenvalue weighted by Gasteiger charge is 2.23. The Kier molecular flexibility index (Phi) is 4.46. The molecule has 1 saturated heterocycles. The van der Waals surface area contributed by atoms with Gasteiger partial charge >= 0.3 is 6.03 Å². The van der Waals surface area contributed by atoms with Gasteiger partial charge in [0.25, 0.3) is 0 Å². The Labute approximate surface area is 148 Å². The van der Waals surface area contributed by atoms with Crippen LogP contribution in [0.3, 0.4) is 0 Å². The number of nitrogens with one attached hydrogen (secondary N) is 2. The molecule has 2 aromatic carbocycles. The lowest BCUT2D eigenvalue weighted by molar-refractivity contribution is 0.251. The summed E-state index contributed by atoms with van der Waals surface area (Å²) in [5.41, 5.74) is 3.34. The van der Waals surface area contributed by atoms with Crippen molar-refractivity contribution in [1.82, 2.24) is 5.32 Å². The lowest BCUT2D eigenvalue weighted by Crippen LogP contribution is -2.46. The smallest absolute Gasteiger partial charge is 0.319 e. The van der Waals surface area contributed by atoms with Crippen molar-refractivity contribution in [3.8, 4) is 0 Å². The van der Waals surface area contributed by atoms with E-state index in [1.165, 1.54) is 11.4 Å². The van der Waals surface area contributed by atoms with Crippen molar-refractivity contribution >= 4 is 23.1 Å². The van der Waals surface area contributed by atoms with Gasteiger partial charge in [0.2, 0.25) is 0 Å². The van der Waals surface area contributed by atoms with E-state index >= 15 is 0 Å². The van der Waals surface area contributed by atoms with Crippen molar-refractivity contribution < 1.29 is 4.79 Å². The predicted octanol–water partition coefficient (Wildman–Crippen LogP) is 3.30.